The van der Waals surface area contributed by atoms with Gasteiger partial charge in [0.05, 0.1) is 11.0 Å². The molecule has 5 heteroatoms. The van der Waals surface area contributed by atoms with Crippen LogP contribution < -0.4 is 5.32 Å². The first-order valence-corrected chi connectivity index (χ1v) is 5.37. The van der Waals surface area contributed by atoms with E-state index in [2.05, 4.69) is 26.2 Å². The molecule has 0 aliphatic heterocycles. The maximum atomic E-state index is 10.9. The highest BCUT2D eigenvalue weighted by molar-refractivity contribution is 9.09. The number of halogens is 1. The van der Waals surface area contributed by atoms with E-state index >= 15 is 0 Å². The van der Waals surface area contributed by atoms with Crippen LogP contribution in [0.4, 0.5) is 5.13 Å². The third-order valence-corrected chi connectivity index (χ3v) is 2.89. The van der Waals surface area contributed by atoms with Crippen molar-refractivity contribution >= 4 is 38.3 Å². The van der Waals surface area contributed by atoms with Crippen molar-refractivity contribution < 1.29 is 4.79 Å². The van der Waals surface area contributed by atoms with Gasteiger partial charge in [-0.15, -0.1) is 11.3 Å². The summed E-state index contributed by atoms with van der Waals surface area (Å²) in [4.78, 5) is 16.2. The third-order valence-electron chi connectivity index (χ3n) is 1.40. The van der Waals surface area contributed by atoms with Gasteiger partial charge in [-0.2, -0.15) is 0 Å². The van der Waals surface area contributed by atoms with Crippen LogP contribution in [0.1, 0.15) is 10.6 Å². The lowest BCUT2D eigenvalue weighted by Crippen LogP contribution is -2.11. The molecule has 66 valence electrons. The summed E-state index contributed by atoms with van der Waals surface area (Å²) in [5.41, 5.74) is 0.977. The first-order valence-electron chi connectivity index (χ1n) is 3.43. The Kier molecular flexibility index (Phi) is 3.22. The minimum Gasteiger partial charge on any atom is -0.301 e. The van der Waals surface area contributed by atoms with Crippen molar-refractivity contribution in [2.45, 2.75) is 13.8 Å². The molecule has 0 aliphatic carbocycles. The normalized spacial score (nSPS) is 9.92. The Bertz CT molecular complexity index is 278. The molecule has 0 aromatic carbocycles. The molecule has 0 saturated carbocycles. The number of alkyl halides is 1. The Balaban J connectivity index is 2.70. The molecule has 0 atom stereocenters. The average molecular weight is 249 g/mol. The zero-order chi connectivity index (χ0) is 9.14. The van der Waals surface area contributed by atoms with Crippen molar-refractivity contribution in [2.24, 2.45) is 0 Å². The first kappa shape index (κ1) is 9.67. The van der Waals surface area contributed by atoms with Crippen molar-refractivity contribution in [3.63, 3.8) is 0 Å². The van der Waals surface area contributed by atoms with Gasteiger partial charge in [0.25, 0.3) is 0 Å². The summed E-state index contributed by atoms with van der Waals surface area (Å²) in [6, 6.07) is 0. The van der Waals surface area contributed by atoms with Crippen molar-refractivity contribution in [3.8, 4) is 0 Å². The van der Waals surface area contributed by atoms with Crippen molar-refractivity contribution in [3.05, 3.63) is 10.6 Å². The Morgan fingerprint density at radius 1 is 1.67 bits per heavy atom. The molecule has 1 amide bonds. The zero-order valence-electron chi connectivity index (χ0n) is 6.85. The lowest BCUT2D eigenvalue weighted by molar-refractivity contribution is -0.113. The van der Waals surface area contributed by atoms with Gasteiger partial charge in [-0.25, -0.2) is 4.98 Å². The molecule has 0 unspecified atom stereocenters. The fourth-order valence-corrected chi connectivity index (χ4v) is 1.65. The van der Waals surface area contributed by atoms with E-state index in [-0.39, 0.29) is 5.91 Å². The lowest BCUT2D eigenvalue weighted by atomic mass is 10.4. The standard InChI is InChI=1S/C7H9BrN2OS/c1-4-5(2)12-7(9-4)10-6(11)3-8/h3H2,1-2H3,(H,9,10,11). The number of aromatic nitrogens is 1. The van der Waals surface area contributed by atoms with E-state index in [4.69, 9.17) is 0 Å². The van der Waals surface area contributed by atoms with Gasteiger partial charge in [0.2, 0.25) is 5.91 Å². The maximum absolute atomic E-state index is 10.9. The van der Waals surface area contributed by atoms with Crippen LogP contribution in [-0.4, -0.2) is 16.2 Å². The molecule has 0 saturated heterocycles. The summed E-state index contributed by atoms with van der Waals surface area (Å²) in [7, 11) is 0. The summed E-state index contributed by atoms with van der Waals surface area (Å²) < 4.78 is 0. The maximum Gasteiger partial charge on any atom is 0.236 e. The van der Waals surface area contributed by atoms with Gasteiger partial charge in [0.15, 0.2) is 5.13 Å². The number of anilines is 1. The minimum atomic E-state index is -0.0660. The molecule has 0 spiro atoms. The third kappa shape index (κ3) is 2.28. The monoisotopic (exact) mass is 248 g/mol. The van der Waals surface area contributed by atoms with E-state index in [0.717, 1.165) is 10.6 Å². The molecule has 3 nitrogen and oxygen atoms in total. The SMILES string of the molecule is Cc1nc(NC(=O)CBr)sc1C. The highest BCUT2D eigenvalue weighted by Crippen LogP contribution is 2.20. The van der Waals surface area contributed by atoms with Crippen LogP contribution in [0.15, 0.2) is 0 Å². The summed E-state index contributed by atoms with van der Waals surface area (Å²) in [5, 5.41) is 3.66. The quantitative estimate of drug-likeness (QED) is 0.815. The largest absolute Gasteiger partial charge is 0.301 e. The smallest absolute Gasteiger partial charge is 0.236 e. The van der Waals surface area contributed by atoms with Crippen molar-refractivity contribution in [1.82, 2.24) is 4.98 Å². The molecule has 12 heavy (non-hydrogen) atoms. The highest BCUT2D eigenvalue weighted by Gasteiger charge is 2.05. The number of nitrogens with zero attached hydrogens (tertiary/aromatic N) is 1. The molecule has 1 N–H and O–H groups in total. The molecule has 0 fully saturated rings. The predicted octanol–water partition coefficient (Wildman–Crippen LogP) is 2.09. The predicted molar refractivity (Wildman–Crippen MR) is 54.0 cm³/mol. The minimum absolute atomic E-state index is 0.0660. The topological polar surface area (TPSA) is 42.0 Å². The van der Waals surface area contributed by atoms with E-state index < -0.39 is 0 Å². The van der Waals surface area contributed by atoms with Gasteiger partial charge in [-0.05, 0) is 13.8 Å². The molecule has 0 aliphatic rings. The van der Waals surface area contributed by atoms with Crippen LogP contribution >= 0.6 is 27.3 Å². The first-order chi connectivity index (χ1) is 5.63. The molecular weight excluding hydrogens is 240 g/mol. The number of amides is 1. The number of hydrogen-bond donors (Lipinski definition) is 1. The van der Waals surface area contributed by atoms with Gasteiger partial charge in [0, 0.05) is 4.88 Å². The number of aryl methyl sites for hydroxylation is 2. The Labute approximate surface area is 83.3 Å². The molecule has 1 rings (SSSR count). The summed E-state index contributed by atoms with van der Waals surface area (Å²) >= 11 is 4.56. The second-order valence-corrected chi connectivity index (χ2v) is 4.11. The van der Waals surface area contributed by atoms with Crippen LogP contribution in [0.2, 0.25) is 0 Å². The van der Waals surface area contributed by atoms with Crippen LogP contribution in [0.25, 0.3) is 0 Å². The van der Waals surface area contributed by atoms with Gasteiger partial charge in [-0.3, -0.25) is 4.79 Å². The lowest BCUT2D eigenvalue weighted by Gasteiger charge is -1.94. The zero-order valence-corrected chi connectivity index (χ0v) is 9.25. The Morgan fingerprint density at radius 3 is 2.75 bits per heavy atom. The highest BCUT2D eigenvalue weighted by atomic mass is 79.9. The summed E-state index contributed by atoms with van der Waals surface area (Å²) in [5.74, 6) is -0.0660. The number of hydrogen-bond acceptors (Lipinski definition) is 3. The Hall–Kier alpha value is -0.420. The molecule has 1 aromatic heterocycles. The van der Waals surface area contributed by atoms with Crippen LogP contribution in [0.5, 0.6) is 0 Å². The van der Waals surface area contributed by atoms with Crippen LogP contribution in [0, 0.1) is 13.8 Å². The molecule has 0 bridgehead atoms. The average Bonchev–Trinajstić information content (AvgIpc) is 2.31. The van der Waals surface area contributed by atoms with E-state index in [9.17, 15) is 4.79 Å². The molecular formula is C7H9BrN2OS. The number of thiazole rings is 1. The van der Waals surface area contributed by atoms with Gasteiger partial charge in [0.1, 0.15) is 0 Å². The van der Waals surface area contributed by atoms with Crippen molar-refractivity contribution in [1.29, 1.82) is 0 Å². The van der Waals surface area contributed by atoms with Gasteiger partial charge >= 0.3 is 0 Å². The van der Waals surface area contributed by atoms with Gasteiger partial charge in [-0.1, -0.05) is 15.9 Å². The van der Waals surface area contributed by atoms with Gasteiger partial charge < -0.3 is 5.32 Å². The molecule has 0 radical (unpaired) electrons. The van der Waals surface area contributed by atoms with Crippen LogP contribution in [-0.2, 0) is 4.79 Å². The van der Waals surface area contributed by atoms with Crippen LogP contribution in [0.3, 0.4) is 0 Å². The number of carbonyl (C=O) groups excluding carboxylic acids is 1. The van der Waals surface area contributed by atoms with Crippen molar-refractivity contribution in [2.75, 3.05) is 10.6 Å². The fraction of sp³-hybridized carbons (Fsp3) is 0.429. The van der Waals surface area contributed by atoms with E-state index in [1.807, 2.05) is 13.8 Å². The second-order valence-electron chi connectivity index (χ2n) is 2.34. The fourth-order valence-electron chi connectivity index (χ4n) is 0.679. The van der Waals surface area contributed by atoms with E-state index in [0.29, 0.717) is 10.5 Å². The number of nitrogens with one attached hydrogen (secondary N) is 1. The van der Waals surface area contributed by atoms with E-state index in [1.165, 1.54) is 11.3 Å². The number of rotatable bonds is 2. The summed E-state index contributed by atoms with van der Waals surface area (Å²) in [6.07, 6.45) is 0. The number of carbonyl (C=O) groups is 1. The second kappa shape index (κ2) is 4.00. The summed E-state index contributed by atoms with van der Waals surface area (Å²) in [6.45, 7) is 3.91. The van der Waals surface area contributed by atoms with E-state index in [1.54, 1.807) is 0 Å². The Morgan fingerprint density at radius 2 is 2.33 bits per heavy atom. The molecule has 1 aromatic rings. The molecule has 1 heterocycles.